The molecule has 0 saturated carbocycles. The monoisotopic (exact) mass is 250 g/mol. The van der Waals surface area contributed by atoms with E-state index in [1.54, 1.807) is 13.2 Å². The van der Waals surface area contributed by atoms with Gasteiger partial charge < -0.3 is 9.84 Å². The maximum absolute atomic E-state index is 10.0. The largest absolute Gasteiger partial charge is 0.507 e. The Labute approximate surface area is 111 Å². The number of phenolic OH excluding ortho intramolecular Hbond substituents is 1. The van der Waals surface area contributed by atoms with Crippen molar-refractivity contribution in [2.45, 2.75) is 0 Å². The van der Waals surface area contributed by atoms with Gasteiger partial charge in [-0.2, -0.15) is 0 Å². The van der Waals surface area contributed by atoms with E-state index >= 15 is 0 Å². The number of para-hydroxylation sites is 1. The topological polar surface area (TPSA) is 29.5 Å². The molecule has 2 heteroatoms. The van der Waals surface area contributed by atoms with Gasteiger partial charge in [-0.15, -0.1) is 0 Å². The quantitative estimate of drug-likeness (QED) is 0.737. The molecule has 0 heterocycles. The lowest BCUT2D eigenvalue weighted by molar-refractivity contribution is 0.420. The summed E-state index contributed by atoms with van der Waals surface area (Å²) in [6.07, 6.45) is 0. The van der Waals surface area contributed by atoms with E-state index in [0.29, 0.717) is 0 Å². The Balaban J connectivity index is 2.33. The van der Waals surface area contributed by atoms with Crippen molar-refractivity contribution in [2.24, 2.45) is 0 Å². The molecule has 1 N–H and O–H groups in total. The number of benzene rings is 3. The second kappa shape index (κ2) is 4.65. The summed E-state index contributed by atoms with van der Waals surface area (Å²) in [5.74, 6) is 1.05. The van der Waals surface area contributed by atoms with Crippen molar-refractivity contribution in [1.29, 1.82) is 0 Å². The van der Waals surface area contributed by atoms with E-state index < -0.39 is 0 Å². The molecule has 0 saturated heterocycles. The molecule has 2 nitrogen and oxygen atoms in total. The minimum atomic E-state index is 0.260. The van der Waals surface area contributed by atoms with E-state index in [1.807, 2.05) is 54.6 Å². The molecule has 19 heavy (non-hydrogen) atoms. The molecule has 0 aliphatic carbocycles. The zero-order valence-corrected chi connectivity index (χ0v) is 10.6. The summed E-state index contributed by atoms with van der Waals surface area (Å²) < 4.78 is 5.56. The van der Waals surface area contributed by atoms with Gasteiger partial charge >= 0.3 is 0 Å². The number of ether oxygens (including phenoxy) is 1. The lowest BCUT2D eigenvalue weighted by Gasteiger charge is -2.13. The van der Waals surface area contributed by atoms with Gasteiger partial charge in [0.05, 0.1) is 7.11 Å². The van der Waals surface area contributed by atoms with E-state index in [1.165, 1.54) is 0 Å². The summed E-state index contributed by atoms with van der Waals surface area (Å²) in [5, 5.41) is 12.2. The molecule has 0 bridgehead atoms. The first kappa shape index (κ1) is 11.6. The minimum Gasteiger partial charge on any atom is -0.507 e. The van der Waals surface area contributed by atoms with Crippen molar-refractivity contribution in [3.05, 3.63) is 60.7 Å². The molecular weight excluding hydrogens is 236 g/mol. The first-order chi connectivity index (χ1) is 9.31. The van der Waals surface area contributed by atoms with Crippen LogP contribution in [0.3, 0.4) is 0 Å². The first-order valence-electron chi connectivity index (χ1n) is 6.15. The highest BCUT2D eigenvalue weighted by atomic mass is 16.5. The molecule has 94 valence electrons. The fourth-order valence-electron chi connectivity index (χ4n) is 2.38. The SMILES string of the molecule is COc1c(-c2ccccc2O)ccc2ccccc12. The molecular formula is C17H14O2. The average molecular weight is 250 g/mol. The van der Waals surface area contributed by atoms with E-state index in [0.717, 1.165) is 27.6 Å². The third-order valence-corrected chi connectivity index (χ3v) is 3.28. The Hall–Kier alpha value is -2.48. The van der Waals surface area contributed by atoms with E-state index in [4.69, 9.17) is 4.74 Å². The maximum Gasteiger partial charge on any atom is 0.134 e. The Morgan fingerprint density at radius 1 is 0.789 bits per heavy atom. The van der Waals surface area contributed by atoms with E-state index in [-0.39, 0.29) is 5.75 Å². The van der Waals surface area contributed by atoms with Crippen LogP contribution in [0.5, 0.6) is 11.5 Å². The number of phenols is 1. The molecule has 0 unspecified atom stereocenters. The van der Waals surface area contributed by atoms with Crippen LogP contribution >= 0.6 is 0 Å². The molecule has 3 aromatic rings. The highest BCUT2D eigenvalue weighted by Crippen LogP contribution is 2.39. The standard InChI is InChI=1S/C17H14O2/c1-19-17-13-7-3-2-6-12(13)10-11-15(17)14-8-4-5-9-16(14)18/h2-11,18H,1H3. The van der Waals surface area contributed by atoms with Crippen LogP contribution in [-0.2, 0) is 0 Å². The molecule has 0 radical (unpaired) electrons. The van der Waals surface area contributed by atoms with Gasteiger partial charge in [-0.1, -0.05) is 48.5 Å². The van der Waals surface area contributed by atoms with Gasteiger partial charge in [0.15, 0.2) is 0 Å². The fraction of sp³-hybridized carbons (Fsp3) is 0.0588. The number of hydrogen-bond acceptors (Lipinski definition) is 2. The predicted molar refractivity (Wildman–Crippen MR) is 77.6 cm³/mol. The normalized spacial score (nSPS) is 10.6. The average Bonchev–Trinajstić information content (AvgIpc) is 2.46. The van der Waals surface area contributed by atoms with Crippen LogP contribution in [0, 0.1) is 0 Å². The van der Waals surface area contributed by atoms with Crippen LogP contribution in [0.2, 0.25) is 0 Å². The molecule has 0 aliphatic heterocycles. The van der Waals surface area contributed by atoms with Crippen LogP contribution in [0.4, 0.5) is 0 Å². The molecule has 0 atom stereocenters. The minimum absolute atomic E-state index is 0.260. The smallest absolute Gasteiger partial charge is 0.134 e. The predicted octanol–water partition coefficient (Wildman–Crippen LogP) is 4.22. The van der Waals surface area contributed by atoms with Crippen LogP contribution in [-0.4, -0.2) is 12.2 Å². The summed E-state index contributed by atoms with van der Waals surface area (Å²) in [6, 6.07) is 19.4. The molecule has 0 aromatic heterocycles. The fourth-order valence-corrected chi connectivity index (χ4v) is 2.38. The van der Waals surface area contributed by atoms with Crippen molar-refractivity contribution in [1.82, 2.24) is 0 Å². The van der Waals surface area contributed by atoms with Gasteiger partial charge in [-0.25, -0.2) is 0 Å². The molecule has 0 spiro atoms. The zero-order valence-electron chi connectivity index (χ0n) is 10.6. The van der Waals surface area contributed by atoms with Crippen LogP contribution < -0.4 is 4.74 Å². The number of rotatable bonds is 2. The second-order valence-electron chi connectivity index (χ2n) is 4.38. The van der Waals surface area contributed by atoms with Crippen LogP contribution in [0.15, 0.2) is 60.7 Å². The van der Waals surface area contributed by atoms with E-state index in [9.17, 15) is 5.11 Å². The zero-order chi connectivity index (χ0) is 13.2. The third-order valence-electron chi connectivity index (χ3n) is 3.28. The van der Waals surface area contributed by atoms with Crippen molar-refractivity contribution < 1.29 is 9.84 Å². The van der Waals surface area contributed by atoms with Crippen LogP contribution in [0.1, 0.15) is 0 Å². The van der Waals surface area contributed by atoms with Crippen molar-refractivity contribution in [3.63, 3.8) is 0 Å². The molecule has 3 rings (SSSR count). The Bertz CT molecular complexity index is 732. The highest BCUT2D eigenvalue weighted by Gasteiger charge is 2.12. The van der Waals surface area contributed by atoms with Crippen molar-refractivity contribution in [2.75, 3.05) is 7.11 Å². The second-order valence-corrected chi connectivity index (χ2v) is 4.38. The number of fused-ring (bicyclic) bond motifs is 1. The maximum atomic E-state index is 10.0. The summed E-state index contributed by atoms with van der Waals surface area (Å²) in [4.78, 5) is 0. The van der Waals surface area contributed by atoms with Crippen LogP contribution in [0.25, 0.3) is 21.9 Å². The van der Waals surface area contributed by atoms with Crippen molar-refractivity contribution >= 4 is 10.8 Å². The molecule has 3 aromatic carbocycles. The number of hydrogen-bond donors (Lipinski definition) is 1. The molecule has 0 amide bonds. The molecule has 0 aliphatic rings. The Morgan fingerprint density at radius 3 is 2.32 bits per heavy atom. The van der Waals surface area contributed by atoms with Gasteiger partial charge in [-0.05, 0) is 17.5 Å². The summed E-state index contributed by atoms with van der Waals surface area (Å²) >= 11 is 0. The summed E-state index contributed by atoms with van der Waals surface area (Å²) in [5.41, 5.74) is 1.68. The highest BCUT2D eigenvalue weighted by molar-refractivity contribution is 5.95. The number of methoxy groups -OCH3 is 1. The third kappa shape index (κ3) is 1.91. The van der Waals surface area contributed by atoms with Gasteiger partial charge in [-0.3, -0.25) is 0 Å². The Morgan fingerprint density at radius 2 is 1.53 bits per heavy atom. The first-order valence-corrected chi connectivity index (χ1v) is 6.15. The van der Waals surface area contributed by atoms with Crippen molar-refractivity contribution in [3.8, 4) is 22.6 Å². The lowest BCUT2D eigenvalue weighted by Crippen LogP contribution is -1.90. The van der Waals surface area contributed by atoms with Gasteiger partial charge in [0.25, 0.3) is 0 Å². The molecule has 0 fully saturated rings. The number of aromatic hydroxyl groups is 1. The van der Waals surface area contributed by atoms with E-state index in [2.05, 4.69) is 0 Å². The summed E-state index contributed by atoms with van der Waals surface area (Å²) in [6.45, 7) is 0. The van der Waals surface area contributed by atoms with Gasteiger partial charge in [0.2, 0.25) is 0 Å². The lowest BCUT2D eigenvalue weighted by atomic mass is 9.99. The Kier molecular flexibility index (Phi) is 2.84. The summed E-state index contributed by atoms with van der Waals surface area (Å²) in [7, 11) is 1.66. The van der Waals surface area contributed by atoms with Gasteiger partial charge in [0, 0.05) is 16.5 Å². The van der Waals surface area contributed by atoms with Gasteiger partial charge in [0.1, 0.15) is 11.5 Å².